The van der Waals surface area contributed by atoms with E-state index in [2.05, 4.69) is 123 Å². The number of ether oxygens (including phenoxy) is 2. The van der Waals surface area contributed by atoms with Crippen LogP contribution in [0.5, 0.6) is 0 Å². The summed E-state index contributed by atoms with van der Waals surface area (Å²) in [5.74, 6) is -0.837. The topological polar surface area (TPSA) is 134 Å². The predicted octanol–water partition coefficient (Wildman–Crippen LogP) is 20.2. The van der Waals surface area contributed by atoms with Gasteiger partial charge in [-0.3, -0.25) is 18.6 Å². The van der Waals surface area contributed by atoms with E-state index in [9.17, 15) is 19.0 Å². The van der Waals surface area contributed by atoms with Crippen LogP contribution in [0, 0.1) is 0 Å². The van der Waals surface area contributed by atoms with Gasteiger partial charge in [0.1, 0.15) is 6.61 Å². The number of esters is 2. The Morgan fingerprint density at radius 2 is 0.675 bits per heavy atom. The molecule has 0 fully saturated rings. The molecule has 0 saturated heterocycles. The second-order valence-electron chi connectivity index (χ2n) is 20.5. The Balaban J connectivity index is 3.91. The van der Waals surface area contributed by atoms with Gasteiger partial charge in [0.05, 0.1) is 13.2 Å². The number of unbranched alkanes of at least 4 members (excludes halogenated alkanes) is 27. The first kappa shape index (κ1) is 73.7. The van der Waals surface area contributed by atoms with Crippen molar-refractivity contribution < 1.29 is 37.6 Å². The molecule has 2 unspecified atom stereocenters. The normalized spacial score (nSPS) is 13.8. The molecule has 0 amide bonds. The molecule has 0 aromatic carbocycles. The van der Waals surface area contributed by atoms with Crippen LogP contribution in [0.2, 0.25) is 0 Å². The number of hydrogen-bond acceptors (Lipinski definition) is 8. The average molecular weight is 1090 g/mol. The summed E-state index contributed by atoms with van der Waals surface area (Å²) in [7, 11) is -4.40. The minimum absolute atomic E-state index is 0.0476. The van der Waals surface area contributed by atoms with Gasteiger partial charge in [-0.15, -0.1) is 0 Å². The number of carbonyl (C=O) groups is 2. The first-order valence-corrected chi connectivity index (χ1v) is 32.9. The zero-order valence-electron chi connectivity index (χ0n) is 49.4. The van der Waals surface area contributed by atoms with Gasteiger partial charge >= 0.3 is 19.8 Å². The maximum absolute atomic E-state index is 12.7. The van der Waals surface area contributed by atoms with E-state index in [1.807, 2.05) is 0 Å². The minimum Gasteiger partial charge on any atom is -0.462 e. The van der Waals surface area contributed by atoms with Gasteiger partial charge in [0.2, 0.25) is 0 Å². The van der Waals surface area contributed by atoms with E-state index in [-0.39, 0.29) is 38.6 Å². The molecule has 0 aromatic heterocycles. The van der Waals surface area contributed by atoms with Crippen LogP contribution in [0.25, 0.3) is 0 Å². The van der Waals surface area contributed by atoms with Crippen molar-refractivity contribution in [3.05, 3.63) is 109 Å². The maximum atomic E-state index is 12.7. The maximum Gasteiger partial charge on any atom is 0.472 e. The molecule has 0 aliphatic heterocycles. The number of rotatable bonds is 58. The quantitative estimate of drug-likeness (QED) is 0.0264. The zero-order valence-corrected chi connectivity index (χ0v) is 50.3. The molecular formula is C67H116NO8P. The molecule has 0 aromatic rings. The SMILES string of the molecule is CC/C=C\C/C=C\C/C=C\C/C=C\C/C=C\CCCCCCCCCC(=O)OC(COC(=O)CCCCCCCCCCCCCCCCCCCCCC/C=C\C/C=C\C/C=C\C/C=C\CC)COP(=O)(O)OCCN. The van der Waals surface area contributed by atoms with Crippen LogP contribution in [0.1, 0.15) is 271 Å². The Kier molecular flexibility index (Phi) is 59.2. The number of phosphoric acid groups is 1. The monoisotopic (exact) mass is 1090 g/mol. The molecule has 0 saturated carbocycles. The Morgan fingerprint density at radius 3 is 1.00 bits per heavy atom. The Labute approximate surface area is 473 Å². The van der Waals surface area contributed by atoms with Gasteiger partial charge < -0.3 is 20.1 Å². The van der Waals surface area contributed by atoms with Gasteiger partial charge in [0.25, 0.3) is 0 Å². The van der Waals surface area contributed by atoms with Crippen LogP contribution in [-0.4, -0.2) is 49.3 Å². The lowest BCUT2D eigenvalue weighted by Gasteiger charge is -2.19. The van der Waals surface area contributed by atoms with E-state index in [0.717, 1.165) is 103 Å². The number of hydrogen-bond donors (Lipinski definition) is 2. The zero-order chi connectivity index (χ0) is 55.9. The van der Waals surface area contributed by atoms with E-state index in [4.69, 9.17) is 24.3 Å². The number of phosphoric ester groups is 1. The Bertz CT molecular complexity index is 1630. The first-order chi connectivity index (χ1) is 37.8. The van der Waals surface area contributed by atoms with Crippen molar-refractivity contribution in [2.45, 2.75) is 277 Å². The van der Waals surface area contributed by atoms with Crippen LogP contribution in [0.4, 0.5) is 0 Å². The number of nitrogens with two attached hydrogens (primary N) is 1. The van der Waals surface area contributed by atoms with E-state index < -0.39 is 26.5 Å². The van der Waals surface area contributed by atoms with E-state index >= 15 is 0 Å². The summed E-state index contributed by atoms with van der Waals surface area (Å²) >= 11 is 0. The van der Waals surface area contributed by atoms with E-state index in [1.165, 1.54) is 135 Å². The molecule has 0 heterocycles. The lowest BCUT2D eigenvalue weighted by Crippen LogP contribution is -2.29. The molecule has 9 nitrogen and oxygen atoms in total. The van der Waals surface area contributed by atoms with Crippen molar-refractivity contribution in [3.63, 3.8) is 0 Å². The van der Waals surface area contributed by atoms with Gasteiger partial charge in [-0.05, 0) is 96.3 Å². The van der Waals surface area contributed by atoms with Crippen molar-refractivity contribution in [1.29, 1.82) is 0 Å². The average Bonchev–Trinajstić information content (AvgIpc) is 3.42. The highest BCUT2D eigenvalue weighted by Crippen LogP contribution is 2.43. The third kappa shape index (κ3) is 61.7. The fourth-order valence-corrected chi connectivity index (χ4v) is 9.36. The first-order valence-electron chi connectivity index (χ1n) is 31.4. The highest BCUT2D eigenvalue weighted by molar-refractivity contribution is 7.47. The van der Waals surface area contributed by atoms with Crippen molar-refractivity contribution in [1.82, 2.24) is 0 Å². The number of allylic oxidation sites excluding steroid dienone is 18. The summed E-state index contributed by atoms with van der Waals surface area (Å²) in [6.07, 6.45) is 84.5. The second kappa shape index (κ2) is 61.9. The molecule has 0 aliphatic rings. The van der Waals surface area contributed by atoms with Crippen LogP contribution in [0.15, 0.2) is 109 Å². The van der Waals surface area contributed by atoms with Crippen LogP contribution in [-0.2, 0) is 32.7 Å². The molecule has 0 aliphatic carbocycles. The molecule has 77 heavy (non-hydrogen) atoms. The van der Waals surface area contributed by atoms with Crippen LogP contribution in [0.3, 0.4) is 0 Å². The summed E-state index contributed by atoms with van der Waals surface area (Å²) in [4.78, 5) is 35.3. The Hall–Kier alpha value is -3.33. The van der Waals surface area contributed by atoms with E-state index in [1.54, 1.807) is 0 Å². The van der Waals surface area contributed by atoms with Crippen molar-refractivity contribution in [3.8, 4) is 0 Å². The molecule has 2 atom stereocenters. The van der Waals surface area contributed by atoms with Gasteiger partial charge in [-0.25, -0.2) is 4.57 Å². The highest BCUT2D eigenvalue weighted by atomic mass is 31.2. The van der Waals surface area contributed by atoms with Crippen molar-refractivity contribution >= 4 is 19.8 Å². The van der Waals surface area contributed by atoms with Gasteiger partial charge in [0.15, 0.2) is 6.10 Å². The largest absolute Gasteiger partial charge is 0.472 e. The second-order valence-corrected chi connectivity index (χ2v) is 22.0. The lowest BCUT2D eigenvalue weighted by atomic mass is 10.0. The Morgan fingerprint density at radius 1 is 0.390 bits per heavy atom. The van der Waals surface area contributed by atoms with Crippen LogP contribution < -0.4 is 5.73 Å². The predicted molar refractivity (Wildman–Crippen MR) is 330 cm³/mol. The standard InChI is InChI=1S/C67H116NO8P/c1-3-5-7-9-11-13-15-17-19-21-23-25-27-28-29-30-31-32-33-34-35-36-38-39-41-43-45-47-49-51-53-55-57-59-66(69)73-63-65(64-75-77(71,72)74-62-61-68)76-67(70)60-58-56-54-52-50-48-46-44-42-40-37-26-24-22-20-18-16-14-12-10-8-6-4-2/h5-8,11-14,17-20,23-26,40,42,65H,3-4,9-10,15-16,21-22,27-39,41,43-64,68H2,1-2H3,(H,71,72)/b7-5-,8-6-,13-11-,14-12-,19-17-,20-18-,25-23-,26-24-,42-40-. The molecule has 0 bridgehead atoms. The highest BCUT2D eigenvalue weighted by Gasteiger charge is 2.26. The fourth-order valence-electron chi connectivity index (χ4n) is 8.60. The van der Waals surface area contributed by atoms with Crippen molar-refractivity contribution in [2.24, 2.45) is 5.73 Å². The summed E-state index contributed by atoms with van der Waals surface area (Å²) < 4.78 is 33.1. The molecule has 10 heteroatoms. The molecule has 0 radical (unpaired) electrons. The van der Waals surface area contributed by atoms with Crippen LogP contribution >= 0.6 is 7.82 Å². The van der Waals surface area contributed by atoms with E-state index in [0.29, 0.717) is 6.42 Å². The molecule has 0 rings (SSSR count). The summed E-state index contributed by atoms with van der Waals surface area (Å²) in [5.41, 5.74) is 5.39. The van der Waals surface area contributed by atoms with Crippen molar-refractivity contribution in [2.75, 3.05) is 26.4 Å². The number of carbonyl (C=O) groups excluding carboxylic acids is 2. The molecular weight excluding hydrogens is 978 g/mol. The summed E-state index contributed by atoms with van der Waals surface area (Å²) in [6.45, 7) is 3.52. The summed E-state index contributed by atoms with van der Waals surface area (Å²) in [6, 6.07) is 0. The molecule has 3 N–H and O–H groups in total. The minimum atomic E-state index is -4.40. The fraction of sp³-hybridized carbons (Fsp3) is 0.701. The molecule has 442 valence electrons. The van der Waals surface area contributed by atoms with Gasteiger partial charge in [-0.1, -0.05) is 271 Å². The smallest absolute Gasteiger partial charge is 0.462 e. The third-order valence-electron chi connectivity index (χ3n) is 13.2. The van der Waals surface area contributed by atoms with Gasteiger partial charge in [0, 0.05) is 19.4 Å². The summed E-state index contributed by atoms with van der Waals surface area (Å²) in [5, 5.41) is 0. The molecule has 0 spiro atoms. The van der Waals surface area contributed by atoms with Gasteiger partial charge in [-0.2, -0.15) is 0 Å². The third-order valence-corrected chi connectivity index (χ3v) is 14.1. The lowest BCUT2D eigenvalue weighted by molar-refractivity contribution is -0.161.